The van der Waals surface area contributed by atoms with Gasteiger partial charge in [-0.25, -0.2) is 19.4 Å². The number of carboxylic acid groups (broad SMARTS) is 1. The lowest BCUT2D eigenvalue weighted by Crippen LogP contribution is -2.73. The zero-order chi connectivity index (χ0) is 22.5. The van der Waals surface area contributed by atoms with Crippen molar-refractivity contribution in [3.05, 3.63) is 48.0 Å². The fraction of sp³-hybridized carbons (Fsp3) is 0.615. The Morgan fingerprint density at radius 1 is 1.24 bits per heavy atom. The first-order valence-electron chi connectivity index (χ1n) is 10.9. The molecule has 2 aliphatic rings. The Morgan fingerprint density at radius 3 is 2.45 bits per heavy atom. The highest BCUT2D eigenvalue weighted by Gasteiger charge is 2.65. The smallest absolute Gasteiger partial charge is 0.336 e. The van der Waals surface area contributed by atoms with Crippen LogP contribution in [0.4, 0.5) is 0 Å². The van der Waals surface area contributed by atoms with Crippen LogP contribution in [0.25, 0.3) is 0 Å². The summed E-state index contributed by atoms with van der Waals surface area (Å²) in [6, 6.07) is 6.58. The number of hydrogen-bond acceptors (Lipinski definition) is 6. The number of hydrogen-bond donors (Lipinski definition) is 1. The average Bonchev–Trinajstić information content (AvgIpc) is 2.79. The van der Waals surface area contributed by atoms with Crippen LogP contribution in [0.1, 0.15) is 76.7 Å². The van der Waals surface area contributed by atoms with Crippen molar-refractivity contribution in [3.63, 3.8) is 0 Å². The van der Waals surface area contributed by atoms with Gasteiger partial charge in [0.15, 0.2) is 5.60 Å². The summed E-state index contributed by atoms with van der Waals surface area (Å²) in [6.07, 6.45) is 5.88. The summed E-state index contributed by atoms with van der Waals surface area (Å²) in [5.41, 5.74) is -0.866. The van der Waals surface area contributed by atoms with E-state index in [-0.39, 0.29) is 40.2 Å². The second-order valence-corrected chi connectivity index (χ2v) is 8.61. The molecule has 2 unspecified atom stereocenters. The highest BCUT2D eigenvalue weighted by Crippen LogP contribution is 2.52. The van der Waals surface area contributed by atoms with Crippen molar-refractivity contribution in [2.45, 2.75) is 78.6 Å². The molecule has 33 heavy (non-hydrogen) atoms. The number of carbonyl (C=O) groups is 2. The fourth-order valence-corrected chi connectivity index (χ4v) is 4.70. The van der Waals surface area contributed by atoms with Crippen molar-refractivity contribution in [1.29, 1.82) is 0 Å². The number of benzene rings is 1. The van der Waals surface area contributed by atoms with Crippen molar-refractivity contribution in [2.75, 3.05) is 13.2 Å². The van der Waals surface area contributed by atoms with Gasteiger partial charge < -0.3 is 14.6 Å². The molecule has 0 radical (unpaired) electrons. The van der Waals surface area contributed by atoms with Gasteiger partial charge in [0.25, 0.3) is 0 Å². The molecule has 186 valence electrons. The maximum absolute atomic E-state index is 12.1. The highest BCUT2D eigenvalue weighted by molar-refractivity contribution is 5.89. The van der Waals surface area contributed by atoms with Gasteiger partial charge in [0, 0.05) is 6.08 Å². The topological polar surface area (TPSA) is 91.3 Å². The van der Waals surface area contributed by atoms with Crippen LogP contribution in [-0.4, -0.2) is 41.5 Å². The van der Waals surface area contributed by atoms with Crippen LogP contribution >= 0.6 is 0 Å². The van der Waals surface area contributed by atoms with Gasteiger partial charge in [0.2, 0.25) is 0 Å². The maximum Gasteiger partial charge on any atom is 0.336 e. The summed E-state index contributed by atoms with van der Waals surface area (Å²) in [7, 11) is 0. The lowest BCUT2D eigenvalue weighted by atomic mass is 9.64. The number of carboxylic acids is 1. The molecule has 0 bridgehead atoms. The minimum atomic E-state index is -1.03. The summed E-state index contributed by atoms with van der Waals surface area (Å²) in [4.78, 5) is 34.2. The Bertz CT molecular complexity index is 798. The van der Waals surface area contributed by atoms with Gasteiger partial charge in [0.1, 0.15) is 18.8 Å². The number of esters is 1. The zero-order valence-corrected chi connectivity index (χ0v) is 18.3. The van der Waals surface area contributed by atoms with Crippen LogP contribution in [0, 0.1) is 11.8 Å². The summed E-state index contributed by atoms with van der Waals surface area (Å²) in [5.74, 6) is -0.264. The molecule has 1 spiro atoms. The van der Waals surface area contributed by atoms with Crippen LogP contribution in [0.15, 0.2) is 36.9 Å². The van der Waals surface area contributed by atoms with E-state index in [0.717, 1.165) is 38.2 Å². The van der Waals surface area contributed by atoms with Crippen molar-refractivity contribution >= 4 is 11.9 Å². The molecule has 2 fully saturated rings. The number of aromatic carboxylic acids is 1. The van der Waals surface area contributed by atoms with E-state index in [1.165, 1.54) is 6.07 Å². The molecule has 0 amide bonds. The van der Waals surface area contributed by atoms with E-state index in [0.29, 0.717) is 17.4 Å². The van der Waals surface area contributed by atoms with Crippen molar-refractivity contribution < 1.29 is 33.9 Å². The van der Waals surface area contributed by atoms with Crippen LogP contribution in [0.5, 0.6) is 0 Å². The predicted molar refractivity (Wildman–Crippen MR) is 127 cm³/mol. The molecule has 1 saturated heterocycles. The minimum absolute atomic E-state index is 0. The molecule has 1 aromatic rings. The largest absolute Gasteiger partial charge is 0.478 e. The first-order valence-corrected chi connectivity index (χ1v) is 10.9. The number of ether oxygens (including phenoxy) is 2. The standard InChI is InChI=1S/C24H32O7.2CH4/c1-4-17(3)18-10-12-23(13-11-18)24(15-28-23,31-21(25)5-2)16-30-29-14-19-8-6-7-9-20(19)22(26)27;;/h5-9,17-18H,2,4,10-16H2,1,3H3,(H,26,27);2*1H4. The molecule has 7 nitrogen and oxygen atoms in total. The van der Waals surface area contributed by atoms with Gasteiger partial charge >= 0.3 is 11.9 Å². The van der Waals surface area contributed by atoms with E-state index in [4.69, 9.17) is 19.2 Å². The van der Waals surface area contributed by atoms with Crippen LogP contribution in [0.2, 0.25) is 0 Å². The third-order valence-corrected chi connectivity index (χ3v) is 7.00. The molecular weight excluding hydrogens is 424 g/mol. The summed E-state index contributed by atoms with van der Waals surface area (Å²) in [6.45, 7) is 8.20. The maximum atomic E-state index is 12.1. The molecule has 1 aliphatic heterocycles. The van der Waals surface area contributed by atoms with Gasteiger partial charge in [-0.15, -0.1) is 0 Å². The number of carbonyl (C=O) groups excluding carboxylic acids is 1. The third kappa shape index (κ3) is 6.02. The highest BCUT2D eigenvalue weighted by atomic mass is 17.2. The molecule has 0 aromatic heterocycles. The second kappa shape index (κ2) is 12.3. The van der Waals surface area contributed by atoms with Gasteiger partial charge in [0.05, 0.1) is 12.2 Å². The Labute approximate surface area is 198 Å². The molecule has 1 aromatic carbocycles. The molecule has 1 N–H and O–H groups in total. The van der Waals surface area contributed by atoms with Crippen molar-refractivity contribution in [3.8, 4) is 0 Å². The quantitative estimate of drug-likeness (QED) is 0.159. The van der Waals surface area contributed by atoms with E-state index >= 15 is 0 Å². The first kappa shape index (κ1) is 28.8. The van der Waals surface area contributed by atoms with E-state index < -0.39 is 23.1 Å². The lowest BCUT2D eigenvalue weighted by Gasteiger charge is -2.59. The average molecular weight is 465 g/mol. The fourth-order valence-electron chi connectivity index (χ4n) is 4.70. The normalized spacial score (nSPS) is 26.8. The molecule has 1 saturated carbocycles. The Kier molecular flexibility index (Phi) is 10.7. The monoisotopic (exact) mass is 464 g/mol. The first-order chi connectivity index (χ1) is 14.9. The zero-order valence-electron chi connectivity index (χ0n) is 18.3. The molecular formula is C26H40O7. The second-order valence-electron chi connectivity index (χ2n) is 8.61. The predicted octanol–water partition coefficient (Wildman–Crippen LogP) is 5.58. The molecule has 1 aliphatic carbocycles. The summed E-state index contributed by atoms with van der Waals surface area (Å²) >= 11 is 0. The minimum Gasteiger partial charge on any atom is -0.478 e. The Balaban J connectivity index is 0.00000272. The van der Waals surface area contributed by atoms with Gasteiger partial charge in [-0.2, -0.15) is 0 Å². The van der Waals surface area contributed by atoms with E-state index in [2.05, 4.69) is 20.4 Å². The Morgan fingerprint density at radius 2 is 1.91 bits per heavy atom. The molecule has 7 heteroatoms. The third-order valence-electron chi connectivity index (χ3n) is 7.00. The van der Waals surface area contributed by atoms with E-state index in [9.17, 15) is 14.7 Å². The molecule has 3 rings (SSSR count). The Hall–Kier alpha value is -2.22. The van der Waals surface area contributed by atoms with Crippen LogP contribution in [-0.2, 0) is 30.7 Å². The molecule has 1 heterocycles. The number of rotatable bonds is 10. The van der Waals surface area contributed by atoms with Crippen molar-refractivity contribution in [2.24, 2.45) is 11.8 Å². The van der Waals surface area contributed by atoms with Crippen molar-refractivity contribution in [1.82, 2.24) is 0 Å². The summed E-state index contributed by atoms with van der Waals surface area (Å²) < 4.78 is 11.8. The van der Waals surface area contributed by atoms with Gasteiger partial charge in [-0.05, 0) is 49.1 Å². The van der Waals surface area contributed by atoms with Gasteiger partial charge in [-0.1, -0.05) is 59.9 Å². The van der Waals surface area contributed by atoms with Crippen LogP contribution < -0.4 is 0 Å². The van der Waals surface area contributed by atoms with E-state index in [1.54, 1.807) is 18.2 Å². The van der Waals surface area contributed by atoms with Gasteiger partial charge in [-0.3, -0.25) is 0 Å². The molecule has 2 atom stereocenters. The summed E-state index contributed by atoms with van der Waals surface area (Å²) in [5, 5.41) is 9.29. The lowest BCUT2D eigenvalue weighted by molar-refractivity contribution is -0.388. The van der Waals surface area contributed by atoms with E-state index in [1.807, 2.05) is 0 Å². The van der Waals surface area contributed by atoms with Crippen LogP contribution in [0.3, 0.4) is 0 Å². The SMILES string of the molecule is C.C.C=CC(=O)OC1(COOCc2ccccc2C(=O)O)COC12CCC(C(C)CC)CC2.